The number of nitro groups is 1. The van der Waals surface area contributed by atoms with Gasteiger partial charge in [-0.05, 0) is 24.3 Å². The summed E-state index contributed by atoms with van der Waals surface area (Å²) in [6.45, 7) is 0. The SMILES string of the molecule is O=c1ccc2cc(Oc3c(Cl)cc([N+](=O)[O-])cc3Cl)ccc2[nH]1. The predicted molar refractivity (Wildman–Crippen MR) is 87.8 cm³/mol. The van der Waals surface area contributed by atoms with Gasteiger partial charge in [0.05, 0.1) is 15.0 Å². The fraction of sp³-hybridized carbons (Fsp3) is 0. The lowest BCUT2D eigenvalue weighted by atomic mass is 10.2. The maximum Gasteiger partial charge on any atom is 0.272 e. The fourth-order valence-electron chi connectivity index (χ4n) is 2.06. The number of halogens is 2. The number of fused-ring (bicyclic) bond motifs is 1. The molecule has 0 fully saturated rings. The molecule has 0 bridgehead atoms. The Labute approximate surface area is 139 Å². The van der Waals surface area contributed by atoms with Crippen molar-refractivity contribution in [3.8, 4) is 11.5 Å². The Hall–Kier alpha value is -2.57. The van der Waals surface area contributed by atoms with Crippen molar-refractivity contribution in [3.63, 3.8) is 0 Å². The number of non-ortho nitro benzene ring substituents is 1. The van der Waals surface area contributed by atoms with E-state index in [0.717, 1.165) is 5.39 Å². The van der Waals surface area contributed by atoms with Crippen molar-refractivity contribution >= 4 is 39.8 Å². The molecule has 6 nitrogen and oxygen atoms in total. The standard InChI is InChI=1S/C15H8Cl2N2O4/c16-11-6-9(19(21)22)7-12(17)15(11)23-10-2-3-13-8(5-10)1-4-14(20)18-13/h1-7H,(H,18,20). The summed E-state index contributed by atoms with van der Waals surface area (Å²) in [7, 11) is 0. The molecule has 0 aliphatic carbocycles. The highest BCUT2D eigenvalue weighted by atomic mass is 35.5. The van der Waals surface area contributed by atoms with Crippen LogP contribution in [0.5, 0.6) is 11.5 Å². The molecule has 0 aliphatic heterocycles. The van der Waals surface area contributed by atoms with E-state index in [1.54, 1.807) is 24.3 Å². The maximum absolute atomic E-state index is 11.3. The average Bonchev–Trinajstić information content (AvgIpc) is 2.50. The van der Waals surface area contributed by atoms with E-state index in [0.29, 0.717) is 11.3 Å². The lowest BCUT2D eigenvalue weighted by Crippen LogP contribution is -2.02. The first-order chi connectivity index (χ1) is 10.9. The van der Waals surface area contributed by atoms with Crippen molar-refractivity contribution in [2.45, 2.75) is 0 Å². The van der Waals surface area contributed by atoms with Crippen molar-refractivity contribution in [2.75, 3.05) is 0 Å². The summed E-state index contributed by atoms with van der Waals surface area (Å²) in [5, 5.41) is 11.6. The fourth-order valence-corrected chi connectivity index (χ4v) is 2.62. The number of rotatable bonds is 3. The second-order valence-corrected chi connectivity index (χ2v) is 5.48. The number of hydrogen-bond acceptors (Lipinski definition) is 4. The van der Waals surface area contributed by atoms with Gasteiger partial charge in [0.1, 0.15) is 5.75 Å². The number of benzene rings is 2. The van der Waals surface area contributed by atoms with Gasteiger partial charge >= 0.3 is 0 Å². The second-order valence-electron chi connectivity index (χ2n) is 4.67. The lowest BCUT2D eigenvalue weighted by molar-refractivity contribution is -0.384. The summed E-state index contributed by atoms with van der Waals surface area (Å²) in [5.41, 5.74) is 0.238. The first-order valence-electron chi connectivity index (χ1n) is 6.38. The molecule has 8 heteroatoms. The quantitative estimate of drug-likeness (QED) is 0.555. The number of ether oxygens (including phenoxy) is 1. The maximum atomic E-state index is 11.3. The van der Waals surface area contributed by atoms with Gasteiger partial charge < -0.3 is 9.72 Å². The van der Waals surface area contributed by atoms with Gasteiger partial charge in [0.15, 0.2) is 5.75 Å². The van der Waals surface area contributed by atoms with Crippen LogP contribution in [0.2, 0.25) is 10.0 Å². The lowest BCUT2D eigenvalue weighted by Gasteiger charge is -2.10. The molecular formula is C15H8Cl2N2O4. The minimum atomic E-state index is -0.589. The zero-order chi connectivity index (χ0) is 16.6. The molecule has 0 saturated heterocycles. The first kappa shape index (κ1) is 15.3. The van der Waals surface area contributed by atoms with Crippen molar-refractivity contribution in [1.29, 1.82) is 0 Å². The Balaban J connectivity index is 2.00. The molecule has 0 aliphatic rings. The van der Waals surface area contributed by atoms with Gasteiger partial charge in [0.25, 0.3) is 5.69 Å². The minimum absolute atomic E-state index is 0.0331. The number of nitrogens with zero attached hydrogens (tertiary/aromatic N) is 1. The van der Waals surface area contributed by atoms with Gasteiger partial charge in [-0.15, -0.1) is 0 Å². The van der Waals surface area contributed by atoms with Crippen LogP contribution >= 0.6 is 23.2 Å². The number of hydrogen-bond donors (Lipinski definition) is 1. The molecule has 0 atom stereocenters. The van der Waals surface area contributed by atoms with Crippen LogP contribution in [0, 0.1) is 10.1 Å². The van der Waals surface area contributed by atoms with Gasteiger partial charge in [-0.25, -0.2) is 0 Å². The molecule has 0 amide bonds. The second kappa shape index (κ2) is 5.91. The molecule has 0 spiro atoms. The Morgan fingerprint density at radius 3 is 2.39 bits per heavy atom. The third kappa shape index (κ3) is 3.13. The summed E-state index contributed by atoms with van der Waals surface area (Å²) < 4.78 is 5.63. The average molecular weight is 351 g/mol. The van der Waals surface area contributed by atoms with Gasteiger partial charge in [-0.2, -0.15) is 0 Å². The van der Waals surface area contributed by atoms with Crippen molar-refractivity contribution < 1.29 is 9.66 Å². The number of H-pyrrole nitrogens is 1. The third-order valence-corrected chi connectivity index (χ3v) is 3.67. The van der Waals surface area contributed by atoms with Crippen molar-refractivity contribution in [2.24, 2.45) is 0 Å². The molecule has 3 aromatic rings. The summed E-state index contributed by atoms with van der Waals surface area (Å²) in [6.07, 6.45) is 0. The van der Waals surface area contributed by atoms with Crippen LogP contribution in [-0.4, -0.2) is 9.91 Å². The molecule has 1 aromatic heterocycles. The number of aromatic nitrogens is 1. The highest BCUT2D eigenvalue weighted by molar-refractivity contribution is 6.37. The minimum Gasteiger partial charge on any atom is -0.454 e. The van der Waals surface area contributed by atoms with Crippen molar-refractivity contribution in [3.05, 3.63) is 73.0 Å². The number of aromatic amines is 1. The van der Waals surface area contributed by atoms with Crippen LogP contribution in [0.15, 0.2) is 47.3 Å². The van der Waals surface area contributed by atoms with Crippen LogP contribution in [0.1, 0.15) is 0 Å². The van der Waals surface area contributed by atoms with E-state index in [1.165, 1.54) is 18.2 Å². The molecule has 0 unspecified atom stereocenters. The van der Waals surface area contributed by atoms with Crippen molar-refractivity contribution in [1.82, 2.24) is 4.98 Å². The van der Waals surface area contributed by atoms with Gasteiger partial charge in [0, 0.05) is 29.1 Å². The Kier molecular flexibility index (Phi) is 3.94. The molecule has 3 rings (SSSR count). The number of nitrogens with one attached hydrogen (secondary N) is 1. The molecule has 0 saturated carbocycles. The van der Waals surface area contributed by atoms with Crippen LogP contribution in [0.4, 0.5) is 5.69 Å². The molecule has 0 radical (unpaired) electrons. The van der Waals surface area contributed by atoms with Crippen LogP contribution < -0.4 is 10.3 Å². The number of nitro benzene ring substituents is 1. The molecule has 2 aromatic carbocycles. The van der Waals surface area contributed by atoms with Crippen LogP contribution in [0.3, 0.4) is 0 Å². The van der Waals surface area contributed by atoms with Crippen LogP contribution in [0.25, 0.3) is 10.9 Å². The normalized spacial score (nSPS) is 10.7. The Morgan fingerprint density at radius 2 is 1.74 bits per heavy atom. The zero-order valence-corrected chi connectivity index (χ0v) is 12.9. The predicted octanol–water partition coefficient (Wildman–Crippen LogP) is 4.54. The Bertz CT molecular complexity index is 962. The van der Waals surface area contributed by atoms with Gasteiger partial charge in [0.2, 0.25) is 5.56 Å². The third-order valence-electron chi connectivity index (χ3n) is 3.11. The van der Waals surface area contributed by atoms with E-state index < -0.39 is 4.92 Å². The highest BCUT2D eigenvalue weighted by Gasteiger charge is 2.16. The monoisotopic (exact) mass is 350 g/mol. The molecule has 23 heavy (non-hydrogen) atoms. The largest absolute Gasteiger partial charge is 0.454 e. The topological polar surface area (TPSA) is 85.2 Å². The summed E-state index contributed by atoms with van der Waals surface area (Å²) in [6, 6.07) is 10.4. The Morgan fingerprint density at radius 1 is 1.04 bits per heavy atom. The summed E-state index contributed by atoms with van der Waals surface area (Å²) >= 11 is 12.0. The molecule has 1 N–H and O–H groups in total. The van der Waals surface area contributed by atoms with E-state index in [2.05, 4.69) is 4.98 Å². The first-order valence-corrected chi connectivity index (χ1v) is 7.14. The van der Waals surface area contributed by atoms with E-state index in [4.69, 9.17) is 27.9 Å². The van der Waals surface area contributed by atoms with Crippen LogP contribution in [-0.2, 0) is 0 Å². The zero-order valence-electron chi connectivity index (χ0n) is 11.4. The number of pyridine rings is 1. The van der Waals surface area contributed by atoms with Gasteiger partial charge in [-0.3, -0.25) is 14.9 Å². The van der Waals surface area contributed by atoms with E-state index in [9.17, 15) is 14.9 Å². The molecule has 1 heterocycles. The molecular weight excluding hydrogens is 343 g/mol. The van der Waals surface area contributed by atoms with E-state index in [1.807, 2.05) is 0 Å². The highest BCUT2D eigenvalue weighted by Crippen LogP contribution is 2.39. The van der Waals surface area contributed by atoms with E-state index in [-0.39, 0.29) is 27.0 Å². The molecule has 116 valence electrons. The van der Waals surface area contributed by atoms with E-state index >= 15 is 0 Å². The summed E-state index contributed by atoms with van der Waals surface area (Å²) in [5.74, 6) is 0.560. The smallest absolute Gasteiger partial charge is 0.272 e. The van der Waals surface area contributed by atoms with Gasteiger partial charge in [-0.1, -0.05) is 23.2 Å². The summed E-state index contributed by atoms with van der Waals surface area (Å²) in [4.78, 5) is 24.1.